The first kappa shape index (κ1) is 20.1. The third-order valence-electron chi connectivity index (χ3n) is 3.45. The second-order valence-electron chi connectivity index (χ2n) is 5.44. The molecule has 0 fully saturated rings. The Morgan fingerprint density at radius 2 is 1.56 bits per heavy atom. The van der Waals surface area contributed by atoms with E-state index in [9.17, 15) is 14.4 Å². The summed E-state index contributed by atoms with van der Waals surface area (Å²) in [6, 6.07) is 12.9. The number of esters is 1. The van der Waals surface area contributed by atoms with Gasteiger partial charge in [-0.1, -0.05) is 0 Å². The van der Waals surface area contributed by atoms with Crippen molar-refractivity contribution in [2.24, 2.45) is 0 Å². The number of anilines is 1. The number of Topliss-reactive ketones (excluding diaryl/α,β-unsaturated/α-hetero) is 1. The second kappa shape index (κ2) is 9.44. The first-order valence-corrected chi connectivity index (χ1v) is 8.33. The van der Waals surface area contributed by atoms with E-state index in [1.165, 1.54) is 26.2 Å². The minimum absolute atomic E-state index is 0.0332. The lowest BCUT2D eigenvalue weighted by Gasteiger charge is -2.11. The Kier molecular flexibility index (Phi) is 7.01. The van der Waals surface area contributed by atoms with Gasteiger partial charge in [-0.3, -0.25) is 14.9 Å². The van der Waals surface area contributed by atoms with Gasteiger partial charge >= 0.3 is 5.97 Å². The smallest absolute Gasteiger partial charge is 0.337 e. The molecule has 0 spiro atoms. The predicted octanol–water partition coefficient (Wildman–Crippen LogP) is 2.57. The maximum atomic E-state index is 11.9. The van der Waals surface area contributed by atoms with Gasteiger partial charge in [0, 0.05) is 11.3 Å². The Morgan fingerprint density at radius 1 is 0.963 bits per heavy atom. The van der Waals surface area contributed by atoms with Gasteiger partial charge in [-0.25, -0.2) is 4.79 Å². The highest BCUT2D eigenvalue weighted by Gasteiger charge is 2.08. The summed E-state index contributed by atoms with van der Waals surface area (Å²) in [5.41, 5.74) is 1.61. The summed E-state index contributed by atoms with van der Waals surface area (Å²) < 4.78 is 9.94. The van der Waals surface area contributed by atoms with Crippen LogP contribution in [0.5, 0.6) is 5.75 Å². The standard InChI is InChI=1S/C19H18N2O5S/c1-12(22)13-3-7-15(8-4-13)20-19(27)21-17(23)11-26-16-9-5-14(6-10-16)18(24)25-2/h3-10H,11H2,1-2H3,(H2,20,21,23,27). The first-order chi connectivity index (χ1) is 12.9. The number of ether oxygens (including phenoxy) is 2. The Morgan fingerprint density at radius 3 is 2.11 bits per heavy atom. The number of benzene rings is 2. The Bertz CT molecular complexity index is 847. The van der Waals surface area contributed by atoms with Gasteiger partial charge in [0.25, 0.3) is 5.91 Å². The number of rotatable bonds is 6. The molecule has 1 amide bonds. The molecule has 2 aromatic rings. The molecular formula is C19H18N2O5S. The van der Waals surface area contributed by atoms with Gasteiger partial charge in [-0.05, 0) is 67.7 Å². The third kappa shape index (κ3) is 6.19. The Hall–Kier alpha value is -3.26. The molecule has 8 heteroatoms. The van der Waals surface area contributed by atoms with Gasteiger partial charge in [0.15, 0.2) is 17.5 Å². The van der Waals surface area contributed by atoms with E-state index in [1.807, 2.05) is 0 Å². The fraction of sp³-hybridized carbons (Fsp3) is 0.158. The molecule has 0 aliphatic carbocycles. The highest BCUT2D eigenvalue weighted by Crippen LogP contribution is 2.13. The zero-order valence-electron chi connectivity index (χ0n) is 14.8. The second-order valence-corrected chi connectivity index (χ2v) is 5.85. The molecule has 0 saturated heterocycles. The van der Waals surface area contributed by atoms with E-state index in [4.69, 9.17) is 17.0 Å². The number of nitrogens with one attached hydrogen (secondary N) is 2. The summed E-state index contributed by atoms with van der Waals surface area (Å²) in [5, 5.41) is 5.45. The van der Waals surface area contributed by atoms with E-state index in [0.717, 1.165) is 0 Å². The first-order valence-electron chi connectivity index (χ1n) is 7.92. The van der Waals surface area contributed by atoms with E-state index in [-0.39, 0.29) is 17.5 Å². The molecule has 2 rings (SSSR count). The van der Waals surface area contributed by atoms with Gasteiger partial charge in [-0.2, -0.15) is 0 Å². The average Bonchev–Trinajstić information content (AvgIpc) is 2.66. The van der Waals surface area contributed by atoms with Crippen molar-refractivity contribution in [2.75, 3.05) is 19.0 Å². The Balaban J connectivity index is 1.80. The maximum Gasteiger partial charge on any atom is 0.337 e. The molecular weight excluding hydrogens is 368 g/mol. The Labute approximate surface area is 161 Å². The molecule has 2 aromatic carbocycles. The molecule has 0 bridgehead atoms. The van der Waals surface area contributed by atoms with Crippen LogP contribution in [-0.4, -0.2) is 36.5 Å². The lowest BCUT2D eigenvalue weighted by Crippen LogP contribution is -2.37. The molecule has 0 atom stereocenters. The number of carbonyl (C=O) groups is 3. The number of thiocarbonyl (C=S) groups is 1. The van der Waals surface area contributed by atoms with Gasteiger partial charge in [0.1, 0.15) is 5.75 Å². The van der Waals surface area contributed by atoms with Crippen LogP contribution in [0, 0.1) is 0 Å². The van der Waals surface area contributed by atoms with Gasteiger partial charge in [-0.15, -0.1) is 0 Å². The van der Waals surface area contributed by atoms with Crippen molar-refractivity contribution >= 4 is 40.7 Å². The third-order valence-corrected chi connectivity index (χ3v) is 3.65. The molecule has 0 aliphatic heterocycles. The number of hydrogen-bond acceptors (Lipinski definition) is 6. The molecule has 0 saturated carbocycles. The zero-order valence-corrected chi connectivity index (χ0v) is 15.6. The minimum Gasteiger partial charge on any atom is -0.484 e. The van der Waals surface area contributed by atoms with Gasteiger partial charge in [0.05, 0.1) is 12.7 Å². The van der Waals surface area contributed by atoms with Crippen LogP contribution >= 0.6 is 12.2 Å². The number of ketones is 1. The van der Waals surface area contributed by atoms with Crippen molar-refractivity contribution < 1.29 is 23.9 Å². The topological polar surface area (TPSA) is 93.7 Å². The number of hydrogen-bond donors (Lipinski definition) is 2. The monoisotopic (exact) mass is 386 g/mol. The van der Waals surface area contributed by atoms with Crippen LogP contribution in [0.3, 0.4) is 0 Å². The fourth-order valence-electron chi connectivity index (χ4n) is 2.07. The molecule has 140 valence electrons. The molecule has 0 aliphatic rings. The molecule has 0 radical (unpaired) electrons. The zero-order chi connectivity index (χ0) is 19.8. The largest absolute Gasteiger partial charge is 0.484 e. The molecule has 0 unspecified atom stereocenters. The van der Waals surface area contributed by atoms with E-state index >= 15 is 0 Å². The molecule has 27 heavy (non-hydrogen) atoms. The van der Waals surface area contributed by atoms with E-state index in [1.54, 1.807) is 36.4 Å². The maximum absolute atomic E-state index is 11.9. The minimum atomic E-state index is -0.452. The summed E-state index contributed by atoms with van der Waals surface area (Å²) in [6.45, 7) is 1.24. The van der Waals surface area contributed by atoms with E-state index in [2.05, 4.69) is 15.4 Å². The summed E-state index contributed by atoms with van der Waals surface area (Å²) >= 11 is 5.07. The van der Waals surface area contributed by atoms with Gasteiger partial charge < -0.3 is 14.8 Å². The molecule has 7 nitrogen and oxygen atoms in total. The normalized spacial score (nSPS) is 9.85. The fourth-order valence-corrected chi connectivity index (χ4v) is 2.30. The highest BCUT2D eigenvalue weighted by molar-refractivity contribution is 7.80. The van der Waals surface area contributed by atoms with Crippen molar-refractivity contribution in [2.45, 2.75) is 6.92 Å². The van der Waals surface area contributed by atoms with Crippen molar-refractivity contribution in [3.63, 3.8) is 0 Å². The quantitative estimate of drug-likeness (QED) is 0.448. The van der Waals surface area contributed by atoms with Crippen molar-refractivity contribution in [1.82, 2.24) is 5.32 Å². The predicted molar refractivity (Wildman–Crippen MR) is 104 cm³/mol. The van der Waals surface area contributed by atoms with Crippen LogP contribution in [0.2, 0.25) is 0 Å². The summed E-state index contributed by atoms with van der Waals surface area (Å²) in [4.78, 5) is 34.5. The summed E-state index contributed by atoms with van der Waals surface area (Å²) in [5.74, 6) is -0.498. The summed E-state index contributed by atoms with van der Waals surface area (Å²) in [7, 11) is 1.30. The van der Waals surface area contributed by atoms with Gasteiger partial charge in [0.2, 0.25) is 0 Å². The van der Waals surface area contributed by atoms with Crippen molar-refractivity contribution in [1.29, 1.82) is 0 Å². The molecule has 0 aromatic heterocycles. The SMILES string of the molecule is COC(=O)c1ccc(OCC(=O)NC(=S)Nc2ccc(C(C)=O)cc2)cc1. The van der Waals surface area contributed by atoms with Crippen LogP contribution in [0.1, 0.15) is 27.6 Å². The molecule has 0 heterocycles. The van der Waals surface area contributed by atoms with E-state index < -0.39 is 11.9 Å². The van der Waals surface area contributed by atoms with Crippen LogP contribution in [0.15, 0.2) is 48.5 Å². The van der Waals surface area contributed by atoms with Crippen molar-refractivity contribution in [3.8, 4) is 5.75 Å². The highest BCUT2D eigenvalue weighted by atomic mass is 32.1. The molecule has 2 N–H and O–H groups in total. The average molecular weight is 386 g/mol. The number of carbonyl (C=O) groups excluding carboxylic acids is 3. The lowest BCUT2D eigenvalue weighted by molar-refractivity contribution is -0.121. The van der Waals surface area contributed by atoms with Crippen LogP contribution < -0.4 is 15.4 Å². The number of amides is 1. The lowest BCUT2D eigenvalue weighted by atomic mass is 10.1. The van der Waals surface area contributed by atoms with Crippen LogP contribution in [0.25, 0.3) is 0 Å². The van der Waals surface area contributed by atoms with Crippen molar-refractivity contribution in [3.05, 3.63) is 59.7 Å². The van der Waals surface area contributed by atoms with E-state index in [0.29, 0.717) is 22.6 Å². The van der Waals surface area contributed by atoms with Crippen LogP contribution in [-0.2, 0) is 9.53 Å². The number of methoxy groups -OCH3 is 1. The summed E-state index contributed by atoms with van der Waals surface area (Å²) in [6.07, 6.45) is 0. The van der Waals surface area contributed by atoms with Crippen LogP contribution in [0.4, 0.5) is 5.69 Å².